The number of aliphatic hydroxyl groups is 1. The van der Waals surface area contributed by atoms with Crippen molar-refractivity contribution in [2.75, 3.05) is 11.9 Å². The summed E-state index contributed by atoms with van der Waals surface area (Å²) in [7, 11) is 0. The zero-order chi connectivity index (χ0) is 12.1. The first-order valence-electron chi connectivity index (χ1n) is 6.40. The molecule has 1 fully saturated rings. The van der Waals surface area contributed by atoms with Gasteiger partial charge in [-0.25, -0.2) is 0 Å². The molecule has 0 aromatic heterocycles. The van der Waals surface area contributed by atoms with Crippen LogP contribution in [0.2, 0.25) is 0 Å². The Bertz CT molecular complexity index is 359. The fraction of sp³-hybridized carbons (Fsp3) is 0.571. The molecule has 0 aliphatic heterocycles. The van der Waals surface area contributed by atoms with Crippen molar-refractivity contribution in [1.82, 2.24) is 0 Å². The number of rotatable bonds is 3. The molecule has 0 radical (unpaired) electrons. The van der Waals surface area contributed by atoms with E-state index in [1.807, 2.05) is 6.07 Å². The quantitative estimate of drug-likeness (QED) is 0.645. The fourth-order valence-corrected chi connectivity index (χ4v) is 2.97. The molecule has 2 rings (SSSR count). The molecule has 1 aromatic rings. The maximum absolute atomic E-state index is 10.5. The second-order valence-corrected chi connectivity index (χ2v) is 6.25. The van der Waals surface area contributed by atoms with Gasteiger partial charge in [-0.1, -0.05) is 31.7 Å². The molecule has 2 N–H and O–H groups in total. The van der Waals surface area contributed by atoms with E-state index in [2.05, 4.69) is 46.1 Å². The van der Waals surface area contributed by atoms with Crippen LogP contribution in [0.15, 0.2) is 24.3 Å². The maximum Gasteiger partial charge on any atom is 0.0819 e. The SMILES string of the molecule is OC1(CNc2cccc(I)c2)CCCCCC1. The number of anilines is 1. The lowest BCUT2D eigenvalue weighted by atomic mass is 9.94. The molecule has 1 aliphatic carbocycles. The largest absolute Gasteiger partial charge is 0.388 e. The molecule has 0 amide bonds. The van der Waals surface area contributed by atoms with Gasteiger partial charge in [0.05, 0.1) is 5.60 Å². The van der Waals surface area contributed by atoms with Crippen LogP contribution in [0, 0.1) is 3.57 Å². The highest BCUT2D eigenvalue weighted by Gasteiger charge is 2.27. The molecule has 0 atom stereocenters. The van der Waals surface area contributed by atoms with Crippen LogP contribution in [0.3, 0.4) is 0 Å². The number of hydrogen-bond donors (Lipinski definition) is 2. The van der Waals surface area contributed by atoms with Gasteiger partial charge >= 0.3 is 0 Å². The summed E-state index contributed by atoms with van der Waals surface area (Å²) in [5.74, 6) is 0. The molecule has 17 heavy (non-hydrogen) atoms. The van der Waals surface area contributed by atoms with Crippen LogP contribution in [0.4, 0.5) is 5.69 Å². The Hall–Kier alpha value is -0.290. The van der Waals surface area contributed by atoms with E-state index < -0.39 is 5.60 Å². The normalized spacial score (nSPS) is 19.6. The summed E-state index contributed by atoms with van der Waals surface area (Å²) >= 11 is 2.31. The van der Waals surface area contributed by atoms with Gasteiger partial charge < -0.3 is 10.4 Å². The first-order chi connectivity index (χ1) is 8.18. The number of nitrogens with one attached hydrogen (secondary N) is 1. The molecule has 2 nitrogen and oxygen atoms in total. The zero-order valence-corrected chi connectivity index (χ0v) is 12.2. The Morgan fingerprint density at radius 2 is 1.88 bits per heavy atom. The maximum atomic E-state index is 10.5. The summed E-state index contributed by atoms with van der Waals surface area (Å²) in [6.45, 7) is 0.674. The van der Waals surface area contributed by atoms with Crippen LogP contribution < -0.4 is 5.32 Å². The van der Waals surface area contributed by atoms with Gasteiger partial charge in [-0.3, -0.25) is 0 Å². The van der Waals surface area contributed by atoms with E-state index in [9.17, 15) is 5.11 Å². The fourth-order valence-electron chi connectivity index (χ4n) is 2.43. The number of hydrogen-bond acceptors (Lipinski definition) is 2. The van der Waals surface area contributed by atoms with Gasteiger partial charge in [-0.15, -0.1) is 0 Å². The average Bonchev–Trinajstić information content (AvgIpc) is 2.53. The summed E-state index contributed by atoms with van der Waals surface area (Å²) in [4.78, 5) is 0. The van der Waals surface area contributed by atoms with Gasteiger partial charge in [0, 0.05) is 15.8 Å². The lowest BCUT2D eigenvalue weighted by Gasteiger charge is -2.27. The molecule has 1 aliphatic rings. The van der Waals surface area contributed by atoms with Crippen molar-refractivity contribution in [3.8, 4) is 0 Å². The minimum absolute atomic E-state index is 0.502. The molecule has 0 saturated heterocycles. The van der Waals surface area contributed by atoms with Crippen molar-refractivity contribution in [3.05, 3.63) is 27.8 Å². The highest BCUT2D eigenvalue weighted by molar-refractivity contribution is 14.1. The van der Waals surface area contributed by atoms with Crippen LogP contribution in [0.5, 0.6) is 0 Å². The second-order valence-electron chi connectivity index (χ2n) is 5.00. The van der Waals surface area contributed by atoms with Crippen molar-refractivity contribution < 1.29 is 5.11 Å². The van der Waals surface area contributed by atoms with Crippen LogP contribution >= 0.6 is 22.6 Å². The highest BCUT2D eigenvalue weighted by Crippen LogP contribution is 2.27. The lowest BCUT2D eigenvalue weighted by Crippen LogP contribution is -2.36. The number of halogens is 1. The highest BCUT2D eigenvalue weighted by atomic mass is 127. The van der Waals surface area contributed by atoms with Gasteiger partial charge in [0.25, 0.3) is 0 Å². The predicted octanol–water partition coefficient (Wildman–Crippen LogP) is 3.79. The first kappa shape index (κ1) is 13.1. The van der Waals surface area contributed by atoms with Gasteiger partial charge in [-0.05, 0) is 53.6 Å². The average molecular weight is 345 g/mol. The van der Waals surface area contributed by atoms with Crippen molar-refractivity contribution in [3.63, 3.8) is 0 Å². The van der Waals surface area contributed by atoms with Crippen LogP contribution in [-0.2, 0) is 0 Å². The zero-order valence-electron chi connectivity index (χ0n) is 10.1. The molecule has 1 saturated carbocycles. The van der Waals surface area contributed by atoms with Crippen molar-refractivity contribution in [1.29, 1.82) is 0 Å². The van der Waals surface area contributed by atoms with Gasteiger partial charge in [-0.2, -0.15) is 0 Å². The topological polar surface area (TPSA) is 32.3 Å². The molecule has 0 spiro atoms. The van der Waals surface area contributed by atoms with Gasteiger partial charge in [0.2, 0.25) is 0 Å². The summed E-state index contributed by atoms with van der Waals surface area (Å²) < 4.78 is 1.22. The van der Waals surface area contributed by atoms with Gasteiger partial charge in [0.1, 0.15) is 0 Å². The summed E-state index contributed by atoms with van der Waals surface area (Å²) in [5.41, 5.74) is 0.604. The smallest absolute Gasteiger partial charge is 0.0819 e. The predicted molar refractivity (Wildman–Crippen MR) is 80.3 cm³/mol. The van der Waals surface area contributed by atoms with E-state index in [1.54, 1.807) is 0 Å². The third kappa shape index (κ3) is 4.14. The molecule has 0 bridgehead atoms. The second kappa shape index (κ2) is 6.05. The van der Waals surface area contributed by atoms with E-state index in [4.69, 9.17) is 0 Å². The summed E-state index contributed by atoms with van der Waals surface area (Å²) in [6, 6.07) is 8.29. The lowest BCUT2D eigenvalue weighted by molar-refractivity contribution is 0.0381. The Morgan fingerprint density at radius 1 is 1.18 bits per heavy atom. The first-order valence-corrected chi connectivity index (χ1v) is 7.48. The Kier molecular flexibility index (Phi) is 4.68. The van der Waals surface area contributed by atoms with E-state index in [0.29, 0.717) is 6.54 Å². The third-order valence-electron chi connectivity index (χ3n) is 3.48. The summed E-state index contributed by atoms with van der Waals surface area (Å²) in [5, 5.41) is 13.9. The van der Waals surface area contributed by atoms with Crippen LogP contribution in [-0.4, -0.2) is 17.3 Å². The Labute approximate surface area is 117 Å². The van der Waals surface area contributed by atoms with E-state index in [1.165, 1.54) is 16.4 Å². The monoisotopic (exact) mass is 345 g/mol. The summed E-state index contributed by atoms with van der Waals surface area (Å²) in [6.07, 6.45) is 6.72. The third-order valence-corrected chi connectivity index (χ3v) is 4.15. The van der Waals surface area contributed by atoms with Crippen molar-refractivity contribution in [2.24, 2.45) is 0 Å². The Morgan fingerprint density at radius 3 is 2.53 bits per heavy atom. The van der Waals surface area contributed by atoms with E-state index >= 15 is 0 Å². The van der Waals surface area contributed by atoms with Crippen molar-refractivity contribution >= 4 is 28.3 Å². The number of benzene rings is 1. The molecular formula is C14H20INO. The molecular weight excluding hydrogens is 325 g/mol. The van der Waals surface area contributed by atoms with E-state index in [-0.39, 0.29) is 0 Å². The Balaban J connectivity index is 1.92. The minimum Gasteiger partial charge on any atom is -0.388 e. The molecule has 0 unspecified atom stereocenters. The van der Waals surface area contributed by atoms with E-state index in [0.717, 1.165) is 31.4 Å². The minimum atomic E-state index is -0.502. The van der Waals surface area contributed by atoms with Crippen molar-refractivity contribution in [2.45, 2.75) is 44.1 Å². The molecule has 0 heterocycles. The van der Waals surface area contributed by atoms with Crippen LogP contribution in [0.1, 0.15) is 38.5 Å². The van der Waals surface area contributed by atoms with Crippen LogP contribution in [0.25, 0.3) is 0 Å². The molecule has 1 aromatic carbocycles. The molecule has 3 heteroatoms. The van der Waals surface area contributed by atoms with Gasteiger partial charge in [0.15, 0.2) is 0 Å². The molecule has 94 valence electrons. The standard InChI is InChI=1S/C14H20INO/c15-12-6-5-7-13(10-12)16-11-14(17)8-3-1-2-4-9-14/h5-7,10,16-17H,1-4,8-9,11H2.